The van der Waals surface area contributed by atoms with Crippen LogP contribution in [-0.2, 0) is 23.9 Å². The van der Waals surface area contributed by atoms with Crippen molar-refractivity contribution >= 4 is 39.2 Å². The van der Waals surface area contributed by atoms with E-state index in [1.807, 2.05) is 4.90 Å². The Morgan fingerprint density at radius 1 is 1.03 bits per heavy atom. The Balaban J connectivity index is 2.01. The van der Waals surface area contributed by atoms with Crippen LogP contribution in [0.3, 0.4) is 0 Å². The number of carbonyl (C=O) groups excluding carboxylic acids is 3. The van der Waals surface area contributed by atoms with Crippen LogP contribution in [0, 0.1) is 0 Å². The summed E-state index contributed by atoms with van der Waals surface area (Å²) in [5, 5.41) is 2.90. The van der Waals surface area contributed by atoms with Crippen molar-refractivity contribution in [3.8, 4) is 0 Å². The van der Waals surface area contributed by atoms with Crippen LogP contribution in [0.15, 0.2) is 0 Å². The number of nitrogens with one attached hydrogen (secondary N) is 1. The average Bonchev–Trinajstić information content (AvgIpc) is 3.10. The van der Waals surface area contributed by atoms with Gasteiger partial charge in [-0.3, -0.25) is 9.59 Å². The largest absolute Gasteiger partial charge is 0.383 e. The van der Waals surface area contributed by atoms with E-state index in [4.69, 9.17) is 9.47 Å². The molecule has 2 atom stereocenters. The van der Waals surface area contributed by atoms with Crippen LogP contribution < -0.4 is 5.32 Å². The first kappa shape index (κ1) is 26.3. The van der Waals surface area contributed by atoms with Gasteiger partial charge in [-0.25, -0.2) is 0 Å². The number of likely N-dealkylation sites (tertiary alicyclic amines) is 1. The van der Waals surface area contributed by atoms with E-state index in [2.05, 4.69) is 5.32 Å². The van der Waals surface area contributed by atoms with Crippen molar-refractivity contribution < 1.29 is 23.9 Å². The van der Waals surface area contributed by atoms with E-state index >= 15 is 0 Å². The van der Waals surface area contributed by atoms with Gasteiger partial charge in [-0.1, -0.05) is 21.6 Å². The summed E-state index contributed by atoms with van der Waals surface area (Å²) < 4.78 is 10.6. The first-order valence-corrected chi connectivity index (χ1v) is 12.8. The lowest BCUT2D eigenvalue weighted by molar-refractivity contribution is -0.133. The molecule has 1 N–H and O–H groups in total. The molecule has 0 spiro atoms. The van der Waals surface area contributed by atoms with E-state index in [0.29, 0.717) is 39.0 Å². The zero-order valence-electron chi connectivity index (χ0n) is 17.9. The second-order valence-electron chi connectivity index (χ2n) is 7.26. The highest BCUT2D eigenvalue weighted by molar-refractivity contribution is 8.76. The fraction of sp³-hybridized carbons (Fsp3) is 0.850. The maximum absolute atomic E-state index is 12.5. The predicted molar refractivity (Wildman–Crippen MR) is 119 cm³/mol. The number of rotatable bonds is 16. The number of hydrogen-bond donors (Lipinski definition) is 1. The van der Waals surface area contributed by atoms with Crippen molar-refractivity contribution in [2.24, 2.45) is 0 Å². The quantitative estimate of drug-likeness (QED) is 0.287. The van der Waals surface area contributed by atoms with Gasteiger partial charge in [0.2, 0.25) is 11.8 Å². The topological polar surface area (TPSA) is 84.9 Å². The van der Waals surface area contributed by atoms with Crippen LogP contribution in [-0.4, -0.2) is 80.1 Å². The summed E-state index contributed by atoms with van der Waals surface area (Å²) in [4.78, 5) is 36.9. The van der Waals surface area contributed by atoms with Gasteiger partial charge < -0.3 is 24.5 Å². The summed E-state index contributed by atoms with van der Waals surface area (Å²) in [5.74, 6) is 2.15. The van der Waals surface area contributed by atoms with Gasteiger partial charge >= 0.3 is 0 Å². The number of Topliss-reactive ketones (excluding diaryl/α,β-unsaturated/α-hetero) is 1. The summed E-state index contributed by atoms with van der Waals surface area (Å²) in [5.41, 5.74) is 0. The lowest BCUT2D eigenvalue weighted by atomic mass is 10.1. The highest BCUT2D eigenvalue weighted by Gasteiger charge is 2.34. The molecule has 0 aromatic heterocycles. The molecular weight excluding hydrogens is 412 g/mol. The molecule has 0 bridgehead atoms. The minimum Gasteiger partial charge on any atom is -0.383 e. The van der Waals surface area contributed by atoms with Crippen LogP contribution in [0.1, 0.15) is 51.9 Å². The third kappa shape index (κ3) is 11.9. The summed E-state index contributed by atoms with van der Waals surface area (Å²) >= 11 is 0. The standard InChI is InChI=1S/C20H36N2O5S2/c1-16(23)7-4-5-8-19(24)21-10-12-29-28-11-6-9-20(25)22-14-18(27-3)13-17(22)15-26-2/h17-18H,4-15H2,1-3H3,(H,21,24)/t17-,18?/m0/s1. The molecule has 1 unspecified atom stereocenters. The monoisotopic (exact) mass is 448 g/mol. The molecule has 168 valence electrons. The van der Waals surface area contributed by atoms with Gasteiger partial charge in [-0.2, -0.15) is 0 Å². The molecule has 1 aliphatic rings. The highest BCUT2D eigenvalue weighted by atomic mass is 33.1. The molecule has 9 heteroatoms. The van der Waals surface area contributed by atoms with E-state index in [-0.39, 0.29) is 29.7 Å². The molecule has 29 heavy (non-hydrogen) atoms. The Labute approximate surface area is 182 Å². The van der Waals surface area contributed by atoms with Crippen LogP contribution in [0.25, 0.3) is 0 Å². The maximum Gasteiger partial charge on any atom is 0.223 e. The number of ketones is 1. The van der Waals surface area contributed by atoms with Gasteiger partial charge in [-0.15, -0.1) is 0 Å². The van der Waals surface area contributed by atoms with Gasteiger partial charge in [0.1, 0.15) is 5.78 Å². The lowest BCUT2D eigenvalue weighted by Gasteiger charge is -2.23. The summed E-state index contributed by atoms with van der Waals surface area (Å²) in [7, 11) is 6.80. The van der Waals surface area contributed by atoms with Crippen molar-refractivity contribution in [1.29, 1.82) is 0 Å². The molecule has 0 aromatic rings. The summed E-state index contributed by atoms with van der Waals surface area (Å²) in [6.07, 6.45) is 4.90. The number of hydrogen-bond acceptors (Lipinski definition) is 7. The fourth-order valence-corrected chi connectivity index (χ4v) is 5.22. The molecule has 7 nitrogen and oxygen atoms in total. The molecule has 1 fully saturated rings. The molecule has 0 aliphatic carbocycles. The van der Waals surface area contributed by atoms with Gasteiger partial charge in [0.15, 0.2) is 0 Å². The van der Waals surface area contributed by atoms with E-state index in [0.717, 1.165) is 37.2 Å². The van der Waals surface area contributed by atoms with E-state index in [1.54, 1.807) is 42.7 Å². The first-order chi connectivity index (χ1) is 14.0. The summed E-state index contributed by atoms with van der Waals surface area (Å²) in [6, 6.07) is 0.116. The normalized spacial score (nSPS) is 18.8. The predicted octanol–water partition coefficient (Wildman–Crippen LogP) is 2.68. The molecule has 1 heterocycles. The smallest absolute Gasteiger partial charge is 0.223 e. The van der Waals surface area contributed by atoms with Crippen LogP contribution >= 0.6 is 21.6 Å². The lowest BCUT2D eigenvalue weighted by Crippen LogP contribution is -2.38. The molecule has 1 saturated heterocycles. The van der Waals surface area contributed by atoms with Gasteiger partial charge in [0.05, 0.1) is 18.8 Å². The number of carbonyl (C=O) groups is 3. The zero-order chi connectivity index (χ0) is 21.5. The van der Waals surface area contributed by atoms with Crippen molar-refractivity contribution in [3.05, 3.63) is 0 Å². The second kappa shape index (κ2) is 16.0. The number of nitrogens with zero attached hydrogens (tertiary/aromatic N) is 1. The molecule has 0 aromatic carbocycles. The number of amides is 2. The SMILES string of the molecule is COC[C@@H]1CC(OC)CN1C(=O)CCCSSCCNC(=O)CCCCC(C)=O. The Morgan fingerprint density at radius 2 is 1.76 bits per heavy atom. The summed E-state index contributed by atoms with van der Waals surface area (Å²) in [6.45, 7) is 3.43. The molecule has 1 rings (SSSR count). The minimum absolute atomic E-state index is 0.0512. The number of ether oxygens (including phenoxy) is 2. The zero-order valence-corrected chi connectivity index (χ0v) is 19.6. The van der Waals surface area contributed by atoms with Gasteiger partial charge in [0.25, 0.3) is 0 Å². The first-order valence-electron chi connectivity index (χ1n) is 10.3. The maximum atomic E-state index is 12.5. The van der Waals surface area contributed by atoms with E-state index in [9.17, 15) is 14.4 Å². The average molecular weight is 449 g/mol. The number of methoxy groups -OCH3 is 2. The van der Waals surface area contributed by atoms with Crippen LogP contribution in [0.4, 0.5) is 0 Å². The van der Waals surface area contributed by atoms with Crippen molar-refractivity contribution in [1.82, 2.24) is 10.2 Å². The molecule has 2 amide bonds. The van der Waals surface area contributed by atoms with Gasteiger partial charge in [0, 0.05) is 58.1 Å². The fourth-order valence-electron chi connectivity index (χ4n) is 3.22. The molecule has 0 radical (unpaired) electrons. The van der Waals surface area contributed by atoms with Crippen LogP contribution in [0.5, 0.6) is 0 Å². The Bertz CT molecular complexity index is 507. The van der Waals surface area contributed by atoms with Crippen LogP contribution in [0.2, 0.25) is 0 Å². The molecule has 1 aliphatic heterocycles. The van der Waals surface area contributed by atoms with Gasteiger partial charge in [-0.05, 0) is 32.6 Å². The molecular formula is C20H36N2O5S2. The van der Waals surface area contributed by atoms with Crippen molar-refractivity contribution in [2.75, 3.05) is 45.4 Å². The third-order valence-electron chi connectivity index (χ3n) is 4.78. The molecule has 0 saturated carbocycles. The number of unbranched alkanes of at least 4 members (excludes halogenated alkanes) is 1. The minimum atomic E-state index is 0.0512. The van der Waals surface area contributed by atoms with Crippen molar-refractivity contribution in [2.45, 2.75) is 64.0 Å². The Hall–Kier alpha value is -0.770. The highest BCUT2D eigenvalue weighted by Crippen LogP contribution is 2.24. The van der Waals surface area contributed by atoms with E-state index in [1.165, 1.54) is 0 Å². The Kier molecular flexibility index (Phi) is 14.5. The van der Waals surface area contributed by atoms with Crippen molar-refractivity contribution in [3.63, 3.8) is 0 Å². The van der Waals surface area contributed by atoms with E-state index < -0.39 is 0 Å². The Morgan fingerprint density at radius 3 is 2.45 bits per heavy atom. The third-order valence-corrected chi connectivity index (χ3v) is 7.27. The second-order valence-corrected chi connectivity index (χ2v) is 9.96.